The van der Waals surface area contributed by atoms with E-state index in [9.17, 15) is 18.8 Å². The van der Waals surface area contributed by atoms with Crippen molar-refractivity contribution < 1.29 is 18.7 Å². The number of aromatic nitrogens is 1. The number of cyclic esters (lactones) is 1. The van der Waals surface area contributed by atoms with E-state index in [-0.39, 0.29) is 24.3 Å². The molecule has 0 atom stereocenters. The van der Waals surface area contributed by atoms with Crippen LogP contribution < -0.4 is 10.9 Å². The van der Waals surface area contributed by atoms with Crippen molar-refractivity contribution in [1.29, 1.82) is 0 Å². The Hall–Kier alpha value is -3.22. The molecule has 2 bridgehead atoms. The van der Waals surface area contributed by atoms with E-state index in [1.54, 1.807) is 12.2 Å². The van der Waals surface area contributed by atoms with Gasteiger partial charge in [-0.3, -0.25) is 9.59 Å². The molecule has 3 rings (SSSR count). The molecule has 26 heavy (non-hydrogen) atoms. The molecule has 1 aromatic carbocycles. The lowest BCUT2D eigenvalue weighted by molar-refractivity contribution is 0.0509. The van der Waals surface area contributed by atoms with Gasteiger partial charge in [-0.15, -0.1) is 0 Å². The molecule has 0 fully saturated rings. The van der Waals surface area contributed by atoms with Crippen molar-refractivity contribution in [2.75, 3.05) is 6.61 Å². The number of hydrogen-bond acceptors (Lipinski definition) is 4. The van der Waals surface area contributed by atoms with Crippen molar-refractivity contribution in [1.82, 2.24) is 9.88 Å². The molecule has 1 aromatic heterocycles. The number of fused-ring (bicyclic) bond motifs is 3. The van der Waals surface area contributed by atoms with Crippen LogP contribution in [-0.4, -0.2) is 23.1 Å². The highest BCUT2D eigenvalue weighted by Gasteiger charge is 2.15. The molecule has 0 saturated heterocycles. The lowest BCUT2D eigenvalue weighted by Crippen LogP contribution is -2.27. The van der Waals surface area contributed by atoms with E-state index in [1.165, 1.54) is 41.1 Å². The number of carbonyl (C=O) groups is 2. The first kappa shape index (κ1) is 17.6. The van der Waals surface area contributed by atoms with Gasteiger partial charge < -0.3 is 14.6 Å². The van der Waals surface area contributed by atoms with Gasteiger partial charge in [0.05, 0.1) is 17.7 Å². The van der Waals surface area contributed by atoms with E-state index < -0.39 is 17.7 Å². The first-order valence-electron chi connectivity index (χ1n) is 8.14. The smallest absolute Gasteiger partial charge is 0.338 e. The molecule has 1 amide bonds. The number of esters is 1. The molecule has 2 heterocycles. The molecule has 0 spiro atoms. The van der Waals surface area contributed by atoms with E-state index in [0.29, 0.717) is 24.1 Å². The van der Waals surface area contributed by atoms with Crippen molar-refractivity contribution in [3.8, 4) is 0 Å². The highest BCUT2D eigenvalue weighted by atomic mass is 19.1. The van der Waals surface area contributed by atoms with E-state index in [0.717, 1.165) is 0 Å². The quantitative estimate of drug-likeness (QED) is 0.579. The Balaban J connectivity index is 1.95. The second-order valence-electron chi connectivity index (χ2n) is 5.79. The van der Waals surface area contributed by atoms with Crippen LogP contribution in [0.15, 0.2) is 53.5 Å². The fourth-order valence-electron chi connectivity index (χ4n) is 2.60. The van der Waals surface area contributed by atoms with Crippen LogP contribution in [0.25, 0.3) is 0 Å². The van der Waals surface area contributed by atoms with Crippen LogP contribution in [0, 0.1) is 5.82 Å². The van der Waals surface area contributed by atoms with Crippen molar-refractivity contribution in [3.63, 3.8) is 0 Å². The van der Waals surface area contributed by atoms with E-state index in [2.05, 4.69) is 5.32 Å². The molecule has 0 aliphatic carbocycles. The molecule has 1 N–H and O–H groups in total. The molecule has 2 aromatic rings. The predicted octanol–water partition coefficient (Wildman–Crippen LogP) is 2.03. The topological polar surface area (TPSA) is 77.4 Å². The molecule has 134 valence electrons. The molecule has 0 radical (unpaired) electrons. The van der Waals surface area contributed by atoms with E-state index in [4.69, 9.17) is 4.74 Å². The van der Waals surface area contributed by atoms with Crippen LogP contribution >= 0.6 is 0 Å². The van der Waals surface area contributed by atoms with Gasteiger partial charge in [0.15, 0.2) is 0 Å². The molecule has 7 heteroatoms. The van der Waals surface area contributed by atoms with Crippen LogP contribution in [0.4, 0.5) is 4.39 Å². The number of pyridine rings is 1. The molecule has 6 nitrogen and oxygen atoms in total. The third-order valence-corrected chi connectivity index (χ3v) is 3.96. The number of rotatable bonds is 0. The van der Waals surface area contributed by atoms with Crippen molar-refractivity contribution in [3.05, 3.63) is 81.5 Å². The van der Waals surface area contributed by atoms with Crippen LogP contribution in [0.2, 0.25) is 0 Å². The Kier molecular flexibility index (Phi) is 5.26. The van der Waals surface area contributed by atoms with Gasteiger partial charge in [-0.25, -0.2) is 9.18 Å². The lowest BCUT2D eigenvalue weighted by atomic mass is 10.1. The van der Waals surface area contributed by atoms with Gasteiger partial charge in [0.1, 0.15) is 5.82 Å². The summed E-state index contributed by atoms with van der Waals surface area (Å²) in [7, 11) is 0. The summed E-state index contributed by atoms with van der Waals surface area (Å²) < 4.78 is 20.2. The maximum absolute atomic E-state index is 13.6. The van der Waals surface area contributed by atoms with Crippen molar-refractivity contribution >= 4 is 11.9 Å². The summed E-state index contributed by atoms with van der Waals surface area (Å²) in [5, 5.41) is 2.64. The summed E-state index contributed by atoms with van der Waals surface area (Å²) in [6.07, 6.45) is 5.50. The Labute approximate surface area is 148 Å². The Morgan fingerprint density at radius 3 is 2.77 bits per heavy atom. The first-order chi connectivity index (χ1) is 12.5. The molecule has 0 saturated carbocycles. The van der Waals surface area contributed by atoms with Crippen molar-refractivity contribution in [2.45, 2.75) is 19.5 Å². The normalized spacial score (nSPS) is 16.5. The van der Waals surface area contributed by atoms with Crippen LogP contribution in [0.3, 0.4) is 0 Å². The summed E-state index contributed by atoms with van der Waals surface area (Å²) in [6.45, 7) is 0.422. The number of nitrogens with zero attached hydrogens (tertiary/aromatic N) is 1. The Morgan fingerprint density at radius 1 is 1.08 bits per heavy atom. The van der Waals surface area contributed by atoms with Gasteiger partial charge in [0.2, 0.25) is 0 Å². The standard InChI is InChI=1S/C19H17FN2O4/c20-15-5-6-16-14(10-15)11-21-18(24)13-4-7-17(23)22(12-13)8-2-1-3-9-26-19(16)25/h1-2,4-7,10,12H,3,8-9,11H2,(H,21,24)/b2-1+. The molecule has 1 aliphatic heterocycles. The number of nitrogens with one attached hydrogen (secondary N) is 1. The van der Waals surface area contributed by atoms with Gasteiger partial charge in [-0.1, -0.05) is 12.2 Å². The lowest BCUT2D eigenvalue weighted by Gasteiger charge is -2.11. The molecular weight excluding hydrogens is 339 g/mol. The minimum atomic E-state index is -0.575. The van der Waals surface area contributed by atoms with E-state index >= 15 is 0 Å². The summed E-state index contributed by atoms with van der Waals surface area (Å²) in [5.74, 6) is -1.52. The zero-order chi connectivity index (χ0) is 18.5. The highest BCUT2D eigenvalue weighted by molar-refractivity contribution is 5.94. The second-order valence-corrected chi connectivity index (χ2v) is 5.79. The largest absolute Gasteiger partial charge is 0.462 e. The maximum atomic E-state index is 13.6. The predicted molar refractivity (Wildman–Crippen MR) is 92.3 cm³/mol. The minimum Gasteiger partial charge on any atom is -0.462 e. The fraction of sp³-hybridized carbons (Fsp3) is 0.211. The summed E-state index contributed by atoms with van der Waals surface area (Å²) >= 11 is 0. The number of halogens is 1. The first-order valence-corrected chi connectivity index (χ1v) is 8.14. The number of hydrogen-bond donors (Lipinski definition) is 1. The van der Waals surface area contributed by atoms with Gasteiger partial charge >= 0.3 is 5.97 Å². The second kappa shape index (κ2) is 7.77. The number of amides is 1. The maximum Gasteiger partial charge on any atom is 0.338 e. The number of carbonyl (C=O) groups excluding carboxylic acids is 2. The van der Waals surface area contributed by atoms with Gasteiger partial charge in [-0.05, 0) is 36.2 Å². The van der Waals surface area contributed by atoms with Gasteiger partial charge in [-0.2, -0.15) is 0 Å². The molecule has 1 aliphatic rings. The number of benzene rings is 1. The van der Waals surface area contributed by atoms with Gasteiger partial charge in [0, 0.05) is 25.4 Å². The summed E-state index contributed by atoms with van der Waals surface area (Å²) in [6, 6.07) is 6.45. The summed E-state index contributed by atoms with van der Waals surface area (Å²) in [4.78, 5) is 36.4. The Bertz CT molecular complexity index is 933. The van der Waals surface area contributed by atoms with Crippen LogP contribution in [0.1, 0.15) is 32.7 Å². The third kappa shape index (κ3) is 4.05. The number of ether oxygens (including phenoxy) is 1. The highest BCUT2D eigenvalue weighted by Crippen LogP contribution is 2.14. The van der Waals surface area contributed by atoms with Crippen LogP contribution in [0.5, 0.6) is 0 Å². The zero-order valence-electron chi connectivity index (χ0n) is 13.9. The average molecular weight is 356 g/mol. The van der Waals surface area contributed by atoms with E-state index in [1.807, 2.05) is 0 Å². The third-order valence-electron chi connectivity index (χ3n) is 3.96. The van der Waals surface area contributed by atoms with Gasteiger partial charge in [0.25, 0.3) is 11.5 Å². The fourth-order valence-corrected chi connectivity index (χ4v) is 2.60. The molecular formula is C19H17FN2O4. The Morgan fingerprint density at radius 2 is 1.92 bits per heavy atom. The van der Waals surface area contributed by atoms with Crippen molar-refractivity contribution in [2.24, 2.45) is 0 Å². The monoisotopic (exact) mass is 356 g/mol. The van der Waals surface area contributed by atoms with Crippen LogP contribution in [-0.2, 0) is 17.8 Å². The average Bonchev–Trinajstić information content (AvgIpc) is 2.63. The summed E-state index contributed by atoms with van der Waals surface area (Å²) in [5.41, 5.74) is 0.598. The SMILES string of the molecule is O=C1NCc2cc(F)ccc2C(=O)OCC/C=C/Cn2cc1ccc2=O. The molecule has 0 unspecified atom stereocenters. The zero-order valence-corrected chi connectivity index (χ0v) is 13.9. The number of allylic oxidation sites excluding steroid dienone is 1. The minimum absolute atomic E-state index is 0.0433.